The van der Waals surface area contributed by atoms with Gasteiger partial charge in [0.25, 0.3) is 10.0 Å². The fraction of sp³-hybridized carbons (Fsp3) is 0.667. The summed E-state index contributed by atoms with van der Waals surface area (Å²) < 4.78 is 32.3. The highest BCUT2D eigenvalue weighted by Crippen LogP contribution is 2.31. The van der Waals surface area contributed by atoms with Gasteiger partial charge in [0.2, 0.25) is 0 Å². The summed E-state index contributed by atoms with van der Waals surface area (Å²) in [6.07, 6.45) is 3.44. The summed E-state index contributed by atoms with van der Waals surface area (Å²) in [5.41, 5.74) is 0. The van der Waals surface area contributed by atoms with Gasteiger partial charge >= 0.3 is 0 Å². The Labute approximate surface area is 112 Å². The summed E-state index contributed by atoms with van der Waals surface area (Å²) in [5, 5.41) is 1.80. The molecule has 4 nitrogen and oxygen atoms in total. The molecule has 1 aromatic rings. The lowest BCUT2D eigenvalue weighted by atomic mass is 10.3. The monoisotopic (exact) mass is 287 g/mol. The van der Waals surface area contributed by atoms with Crippen LogP contribution < -0.4 is 0 Å². The topological polar surface area (TPSA) is 46.6 Å². The molecule has 0 spiro atoms. The first-order valence-corrected chi connectivity index (χ1v) is 8.63. The van der Waals surface area contributed by atoms with Gasteiger partial charge in [0, 0.05) is 19.7 Å². The van der Waals surface area contributed by atoms with Crippen LogP contribution in [0.25, 0.3) is 0 Å². The third-order valence-electron chi connectivity index (χ3n) is 3.46. The average molecular weight is 287 g/mol. The molecule has 0 bridgehead atoms. The Balaban J connectivity index is 1.60. The van der Waals surface area contributed by atoms with E-state index in [1.54, 1.807) is 21.8 Å². The van der Waals surface area contributed by atoms with E-state index in [9.17, 15) is 8.42 Å². The highest BCUT2D eigenvalue weighted by molar-refractivity contribution is 7.91. The number of nitrogens with zero attached hydrogens (tertiary/aromatic N) is 1. The number of rotatable bonds is 5. The Morgan fingerprint density at radius 2 is 2.22 bits per heavy atom. The van der Waals surface area contributed by atoms with Crippen LogP contribution in [-0.2, 0) is 14.8 Å². The van der Waals surface area contributed by atoms with Crippen LogP contribution in [-0.4, -0.2) is 38.5 Å². The van der Waals surface area contributed by atoms with E-state index in [0.29, 0.717) is 17.3 Å². The van der Waals surface area contributed by atoms with E-state index in [2.05, 4.69) is 0 Å². The largest absolute Gasteiger partial charge is 0.377 e. The van der Waals surface area contributed by atoms with E-state index in [1.165, 1.54) is 24.2 Å². The minimum atomic E-state index is -3.28. The third kappa shape index (κ3) is 2.61. The SMILES string of the molecule is O=S(=O)(c1cccs1)N1CCC(OCC2CC2)C1. The molecule has 1 saturated carbocycles. The average Bonchev–Trinajstić information content (AvgIpc) is 2.87. The van der Waals surface area contributed by atoms with Gasteiger partial charge in [0.15, 0.2) is 0 Å². The fourth-order valence-electron chi connectivity index (χ4n) is 2.15. The maximum absolute atomic E-state index is 12.3. The molecular formula is C12H17NO3S2. The van der Waals surface area contributed by atoms with E-state index in [1.807, 2.05) is 0 Å². The molecule has 1 aliphatic heterocycles. The van der Waals surface area contributed by atoms with Crippen molar-refractivity contribution in [2.75, 3.05) is 19.7 Å². The Morgan fingerprint density at radius 3 is 2.89 bits per heavy atom. The van der Waals surface area contributed by atoms with Gasteiger partial charge in [0.1, 0.15) is 4.21 Å². The van der Waals surface area contributed by atoms with Crippen LogP contribution in [0.4, 0.5) is 0 Å². The van der Waals surface area contributed by atoms with Crippen LogP contribution in [0.3, 0.4) is 0 Å². The van der Waals surface area contributed by atoms with Crippen molar-refractivity contribution >= 4 is 21.4 Å². The Hall–Kier alpha value is -0.430. The van der Waals surface area contributed by atoms with E-state index >= 15 is 0 Å². The van der Waals surface area contributed by atoms with Crippen LogP contribution in [0.1, 0.15) is 19.3 Å². The lowest BCUT2D eigenvalue weighted by molar-refractivity contribution is 0.0561. The normalized spacial score (nSPS) is 25.7. The first kappa shape index (κ1) is 12.6. The van der Waals surface area contributed by atoms with Gasteiger partial charge in [-0.05, 0) is 36.6 Å². The zero-order valence-electron chi connectivity index (χ0n) is 10.1. The molecule has 18 heavy (non-hydrogen) atoms. The van der Waals surface area contributed by atoms with E-state index in [0.717, 1.165) is 18.9 Å². The van der Waals surface area contributed by atoms with Crippen LogP contribution >= 0.6 is 11.3 Å². The number of hydrogen-bond acceptors (Lipinski definition) is 4. The van der Waals surface area contributed by atoms with Crippen molar-refractivity contribution in [2.45, 2.75) is 29.6 Å². The molecular weight excluding hydrogens is 270 g/mol. The summed E-state index contributed by atoms with van der Waals surface area (Å²) in [4.78, 5) is 0. The Kier molecular flexibility index (Phi) is 3.44. The maximum Gasteiger partial charge on any atom is 0.252 e. The van der Waals surface area contributed by atoms with Crippen molar-refractivity contribution in [3.05, 3.63) is 17.5 Å². The summed E-state index contributed by atoms with van der Waals surface area (Å²) in [5.74, 6) is 0.730. The zero-order chi connectivity index (χ0) is 12.6. The molecule has 1 atom stereocenters. The second-order valence-electron chi connectivity index (χ2n) is 4.98. The lowest BCUT2D eigenvalue weighted by Gasteiger charge is -2.15. The second-order valence-corrected chi connectivity index (χ2v) is 8.10. The van der Waals surface area contributed by atoms with Crippen molar-refractivity contribution in [3.8, 4) is 0 Å². The predicted octanol–water partition coefficient (Wildman–Crippen LogP) is 1.94. The molecule has 0 N–H and O–H groups in total. The molecule has 100 valence electrons. The van der Waals surface area contributed by atoms with Crippen molar-refractivity contribution in [1.29, 1.82) is 0 Å². The summed E-state index contributed by atoms with van der Waals surface area (Å²) >= 11 is 1.28. The van der Waals surface area contributed by atoms with Crippen LogP contribution in [0.15, 0.2) is 21.7 Å². The van der Waals surface area contributed by atoms with Crippen molar-refractivity contribution in [1.82, 2.24) is 4.31 Å². The van der Waals surface area contributed by atoms with Gasteiger partial charge < -0.3 is 4.74 Å². The Morgan fingerprint density at radius 1 is 1.39 bits per heavy atom. The van der Waals surface area contributed by atoms with Gasteiger partial charge in [-0.25, -0.2) is 8.42 Å². The molecule has 1 saturated heterocycles. The second kappa shape index (κ2) is 4.92. The number of sulfonamides is 1. The highest BCUT2D eigenvalue weighted by atomic mass is 32.2. The fourth-order valence-corrected chi connectivity index (χ4v) is 4.78. The molecule has 1 aliphatic carbocycles. The minimum absolute atomic E-state index is 0.0836. The van der Waals surface area contributed by atoms with Crippen molar-refractivity contribution in [3.63, 3.8) is 0 Å². The van der Waals surface area contributed by atoms with Gasteiger partial charge in [0.05, 0.1) is 6.10 Å². The lowest BCUT2D eigenvalue weighted by Crippen LogP contribution is -2.30. The molecule has 6 heteroatoms. The minimum Gasteiger partial charge on any atom is -0.377 e. The first-order valence-electron chi connectivity index (χ1n) is 6.31. The standard InChI is InChI=1S/C12H17NO3S2/c14-18(15,12-2-1-7-17-12)13-6-5-11(8-13)16-9-10-3-4-10/h1-2,7,10-11H,3-6,8-9H2. The van der Waals surface area contributed by atoms with Gasteiger partial charge in [-0.2, -0.15) is 4.31 Å². The molecule has 2 heterocycles. The van der Waals surface area contributed by atoms with Crippen molar-refractivity contribution < 1.29 is 13.2 Å². The molecule has 0 amide bonds. The maximum atomic E-state index is 12.3. The molecule has 2 fully saturated rings. The van der Waals surface area contributed by atoms with E-state index < -0.39 is 10.0 Å². The number of ether oxygens (including phenoxy) is 1. The van der Waals surface area contributed by atoms with Crippen LogP contribution in [0.5, 0.6) is 0 Å². The highest BCUT2D eigenvalue weighted by Gasteiger charge is 2.34. The summed E-state index contributed by atoms with van der Waals surface area (Å²) in [6, 6.07) is 3.44. The Bertz CT molecular complexity index is 493. The molecule has 3 rings (SSSR count). The molecule has 1 unspecified atom stereocenters. The molecule has 1 aromatic heterocycles. The first-order chi connectivity index (χ1) is 8.66. The summed E-state index contributed by atoms with van der Waals surface area (Å²) in [7, 11) is -3.28. The summed E-state index contributed by atoms with van der Waals surface area (Å²) in [6.45, 7) is 1.89. The zero-order valence-corrected chi connectivity index (χ0v) is 11.8. The molecule has 2 aliphatic rings. The molecule has 0 radical (unpaired) electrons. The third-order valence-corrected chi connectivity index (χ3v) is 6.70. The van der Waals surface area contributed by atoms with Gasteiger partial charge in [-0.1, -0.05) is 6.07 Å². The van der Waals surface area contributed by atoms with Gasteiger partial charge in [-0.3, -0.25) is 0 Å². The van der Waals surface area contributed by atoms with E-state index in [-0.39, 0.29) is 6.10 Å². The van der Waals surface area contributed by atoms with Crippen LogP contribution in [0, 0.1) is 5.92 Å². The predicted molar refractivity (Wildman–Crippen MR) is 70.2 cm³/mol. The van der Waals surface area contributed by atoms with Gasteiger partial charge in [-0.15, -0.1) is 11.3 Å². The quantitative estimate of drug-likeness (QED) is 0.831. The number of thiophene rings is 1. The number of hydrogen-bond donors (Lipinski definition) is 0. The smallest absolute Gasteiger partial charge is 0.252 e. The molecule has 0 aromatic carbocycles. The van der Waals surface area contributed by atoms with Crippen LogP contribution in [0.2, 0.25) is 0 Å². The van der Waals surface area contributed by atoms with E-state index in [4.69, 9.17) is 4.74 Å². The van der Waals surface area contributed by atoms with Crippen molar-refractivity contribution in [2.24, 2.45) is 5.92 Å².